The molecule has 2 rings (SSSR count). The van der Waals surface area contributed by atoms with Crippen LogP contribution in [0.3, 0.4) is 0 Å². The number of phenolic OH excluding ortho intramolecular Hbond substituents is 1. The van der Waals surface area contributed by atoms with Gasteiger partial charge in [0.1, 0.15) is 5.75 Å². The summed E-state index contributed by atoms with van der Waals surface area (Å²) in [4.78, 5) is 2.06. The van der Waals surface area contributed by atoms with E-state index in [-0.39, 0.29) is 5.75 Å². The number of hydrogen-bond donors (Lipinski definition) is 2. The quantitative estimate of drug-likeness (QED) is 0.762. The standard InChI is InChI=1S/C10H15N3O3S/c11-17(15,16)13-7-5-12(6-8-13)9-1-3-10(14)4-2-9/h1-4,14H,5-8H2,(H2,11,15,16). The van der Waals surface area contributed by atoms with Crippen molar-refractivity contribution < 1.29 is 13.5 Å². The van der Waals surface area contributed by atoms with Crippen LogP contribution >= 0.6 is 0 Å². The first-order valence-electron chi connectivity index (χ1n) is 5.29. The second-order valence-electron chi connectivity index (χ2n) is 3.95. The zero-order chi connectivity index (χ0) is 12.5. The van der Waals surface area contributed by atoms with Crippen LogP contribution in [0.25, 0.3) is 0 Å². The van der Waals surface area contributed by atoms with Crippen molar-refractivity contribution in [2.24, 2.45) is 5.14 Å². The van der Waals surface area contributed by atoms with Gasteiger partial charge < -0.3 is 10.0 Å². The molecule has 0 radical (unpaired) electrons. The van der Waals surface area contributed by atoms with Gasteiger partial charge in [-0.15, -0.1) is 0 Å². The highest BCUT2D eigenvalue weighted by atomic mass is 32.2. The molecule has 0 aliphatic carbocycles. The highest BCUT2D eigenvalue weighted by Crippen LogP contribution is 2.20. The highest BCUT2D eigenvalue weighted by Gasteiger charge is 2.23. The zero-order valence-corrected chi connectivity index (χ0v) is 10.1. The maximum absolute atomic E-state index is 11.1. The molecule has 0 amide bonds. The Kier molecular flexibility index (Phi) is 3.23. The van der Waals surface area contributed by atoms with Gasteiger partial charge in [0, 0.05) is 31.9 Å². The third-order valence-electron chi connectivity index (χ3n) is 2.81. The van der Waals surface area contributed by atoms with E-state index in [1.54, 1.807) is 12.1 Å². The fourth-order valence-electron chi connectivity index (χ4n) is 1.86. The molecule has 0 unspecified atom stereocenters. The number of benzene rings is 1. The predicted octanol–water partition coefficient (Wildman–Crippen LogP) is -0.282. The van der Waals surface area contributed by atoms with Gasteiger partial charge in [0.05, 0.1) is 0 Å². The maximum Gasteiger partial charge on any atom is 0.277 e. The molecule has 1 aromatic carbocycles. The summed E-state index contributed by atoms with van der Waals surface area (Å²) in [6, 6.07) is 6.84. The molecule has 94 valence electrons. The largest absolute Gasteiger partial charge is 0.508 e. The summed E-state index contributed by atoms with van der Waals surface area (Å²) in [5, 5.41) is 14.2. The summed E-state index contributed by atoms with van der Waals surface area (Å²) in [6.07, 6.45) is 0. The fourth-order valence-corrected chi connectivity index (χ4v) is 2.54. The molecule has 0 atom stereocenters. The molecule has 1 heterocycles. The molecule has 1 aliphatic rings. The minimum absolute atomic E-state index is 0.219. The third kappa shape index (κ3) is 2.87. The van der Waals surface area contributed by atoms with E-state index in [9.17, 15) is 13.5 Å². The van der Waals surface area contributed by atoms with E-state index in [0.29, 0.717) is 26.2 Å². The normalized spacial score (nSPS) is 18.3. The van der Waals surface area contributed by atoms with Gasteiger partial charge in [-0.05, 0) is 24.3 Å². The zero-order valence-electron chi connectivity index (χ0n) is 9.28. The monoisotopic (exact) mass is 257 g/mol. The highest BCUT2D eigenvalue weighted by molar-refractivity contribution is 7.86. The number of piperazine rings is 1. The van der Waals surface area contributed by atoms with Gasteiger partial charge in [-0.1, -0.05) is 0 Å². The van der Waals surface area contributed by atoms with Gasteiger partial charge in [-0.2, -0.15) is 12.7 Å². The number of hydrogen-bond acceptors (Lipinski definition) is 4. The minimum atomic E-state index is -3.57. The summed E-state index contributed by atoms with van der Waals surface area (Å²) < 4.78 is 23.5. The first kappa shape index (κ1) is 12.2. The van der Waals surface area contributed by atoms with Crippen LogP contribution in [-0.4, -0.2) is 44.0 Å². The Hall–Kier alpha value is -1.31. The lowest BCUT2D eigenvalue weighted by Gasteiger charge is -2.34. The SMILES string of the molecule is NS(=O)(=O)N1CCN(c2ccc(O)cc2)CC1. The van der Waals surface area contributed by atoms with E-state index < -0.39 is 10.2 Å². The Morgan fingerprint density at radius 2 is 1.59 bits per heavy atom. The molecule has 1 aromatic rings. The Morgan fingerprint density at radius 1 is 1.06 bits per heavy atom. The van der Waals surface area contributed by atoms with Crippen molar-refractivity contribution in [3.05, 3.63) is 24.3 Å². The van der Waals surface area contributed by atoms with Crippen molar-refractivity contribution >= 4 is 15.9 Å². The fraction of sp³-hybridized carbons (Fsp3) is 0.400. The van der Waals surface area contributed by atoms with Crippen molar-refractivity contribution in [2.45, 2.75) is 0 Å². The van der Waals surface area contributed by atoms with Crippen LogP contribution < -0.4 is 10.0 Å². The molecule has 0 saturated carbocycles. The number of nitrogens with two attached hydrogens (primary N) is 1. The van der Waals surface area contributed by atoms with Gasteiger partial charge >= 0.3 is 0 Å². The van der Waals surface area contributed by atoms with E-state index in [1.807, 2.05) is 12.1 Å². The van der Waals surface area contributed by atoms with Gasteiger partial charge in [0.2, 0.25) is 0 Å². The number of rotatable bonds is 2. The van der Waals surface area contributed by atoms with Crippen LogP contribution in [0.15, 0.2) is 24.3 Å². The topological polar surface area (TPSA) is 86.9 Å². The molecule has 0 bridgehead atoms. The summed E-state index contributed by atoms with van der Waals surface area (Å²) in [7, 11) is -3.57. The smallest absolute Gasteiger partial charge is 0.277 e. The first-order valence-corrected chi connectivity index (χ1v) is 6.79. The molecule has 1 aliphatic heterocycles. The van der Waals surface area contributed by atoms with E-state index in [1.165, 1.54) is 4.31 Å². The summed E-state index contributed by atoms with van der Waals surface area (Å²) in [5.74, 6) is 0.219. The third-order valence-corrected chi connectivity index (χ3v) is 3.90. The number of phenols is 1. The Morgan fingerprint density at radius 3 is 2.06 bits per heavy atom. The van der Waals surface area contributed by atoms with Crippen LogP contribution in [0.1, 0.15) is 0 Å². The molecular weight excluding hydrogens is 242 g/mol. The van der Waals surface area contributed by atoms with Crippen LogP contribution in [0.5, 0.6) is 5.75 Å². The lowest BCUT2D eigenvalue weighted by Crippen LogP contribution is -2.50. The Balaban J connectivity index is 2.02. The van der Waals surface area contributed by atoms with Gasteiger partial charge in [0.25, 0.3) is 10.2 Å². The van der Waals surface area contributed by atoms with Crippen molar-refractivity contribution in [3.8, 4) is 5.75 Å². The van der Waals surface area contributed by atoms with Gasteiger partial charge in [0.15, 0.2) is 0 Å². The summed E-state index contributed by atoms with van der Waals surface area (Å²) in [5.41, 5.74) is 0.969. The second kappa shape index (κ2) is 4.52. The summed E-state index contributed by atoms with van der Waals surface area (Å²) in [6.45, 7) is 1.97. The number of nitrogens with zero attached hydrogens (tertiary/aromatic N) is 2. The van der Waals surface area contributed by atoms with E-state index in [2.05, 4.69) is 4.90 Å². The van der Waals surface area contributed by atoms with Gasteiger partial charge in [-0.25, -0.2) is 5.14 Å². The van der Waals surface area contributed by atoms with Crippen molar-refractivity contribution in [2.75, 3.05) is 31.1 Å². The van der Waals surface area contributed by atoms with Gasteiger partial charge in [-0.3, -0.25) is 0 Å². The molecular formula is C10H15N3O3S. The molecule has 1 fully saturated rings. The van der Waals surface area contributed by atoms with E-state index in [4.69, 9.17) is 5.14 Å². The van der Waals surface area contributed by atoms with Crippen LogP contribution in [0.2, 0.25) is 0 Å². The van der Waals surface area contributed by atoms with Crippen LogP contribution in [0, 0.1) is 0 Å². The average Bonchev–Trinajstić information content (AvgIpc) is 2.29. The molecule has 17 heavy (non-hydrogen) atoms. The maximum atomic E-state index is 11.1. The Bertz CT molecular complexity index is 478. The first-order chi connectivity index (χ1) is 7.97. The minimum Gasteiger partial charge on any atom is -0.508 e. The van der Waals surface area contributed by atoms with Crippen molar-refractivity contribution in [1.82, 2.24) is 4.31 Å². The van der Waals surface area contributed by atoms with Crippen molar-refractivity contribution in [1.29, 1.82) is 0 Å². The predicted molar refractivity (Wildman–Crippen MR) is 65.0 cm³/mol. The lowest BCUT2D eigenvalue weighted by molar-refractivity contribution is 0.385. The van der Waals surface area contributed by atoms with E-state index in [0.717, 1.165) is 5.69 Å². The number of anilines is 1. The molecule has 6 nitrogen and oxygen atoms in total. The average molecular weight is 257 g/mol. The molecule has 3 N–H and O–H groups in total. The molecule has 0 spiro atoms. The van der Waals surface area contributed by atoms with E-state index >= 15 is 0 Å². The lowest BCUT2D eigenvalue weighted by atomic mass is 10.2. The van der Waals surface area contributed by atoms with Crippen molar-refractivity contribution in [3.63, 3.8) is 0 Å². The second-order valence-corrected chi connectivity index (χ2v) is 5.49. The Labute approximate surface area is 100 Å². The number of aromatic hydroxyl groups is 1. The van der Waals surface area contributed by atoms with Crippen LogP contribution in [-0.2, 0) is 10.2 Å². The van der Waals surface area contributed by atoms with Crippen LogP contribution in [0.4, 0.5) is 5.69 Å². The summed E-state index contributed by atoms with van der Waals surface area (Å²) >= 11 is 0. The molecule has 0 aromatic heterocycles. The molecule has 7 heteroatoms. The molecule has 1 saturated heterocycles.